The minimum absolute atomic E-state index is 0.148. The number of esters is 2. The highest BCUT2D eigenvalue weighted by molar-refractivity contribution is 5.70. The van der Waals surface area contributed by atoms with Gasteiger partial charge in [-0.2, -0.15) is 0 Å². The Morgan fingerprint density at radius 3 is 1.55 bits per heavy atom. The molecule has 56 heavy (non-hydrogen) atoms. The molecule has 10 nitrogen and oxygen atoms in total. The summed E-state index contributed by atoms with van der Waals surface area (Å²) in [7, 11) is 0. The summed E-state index contributed by atoms with van der Waals surface area (Å²) >= 11 is 0. The Morgan fingerprint density at radius 2 is 1.05 bits per heavy atom. The van der Waals surface area contributed by atoms with Gasteiger partial charge in [-0.3, -0.25) is 9.59 Å². The topological polar surface area (TPSA) is 152 Å². The van der Waals surface area contributed by atoms with Crippen molar-refractivity contribution < 1.29 is 49.0 Å². The van der Waals surface area contributed by atoms with Gasteiger partial charge in [-0.15, -0.1) is 0 Å². The number of aliphatic hydroxyl groups is 4. The van der Waals surface area contributed by atoms with Crippen molar-refractivity contribution in [2.45, 2.75) is 185 Å². The van der Waals surface area contributed by atoms with Crippen LogP contribution in [0.3, 0.4) is 0 Å². The Labute approximate surface area is 338 Å². The summed E-state index contributed by atoms with van der Waals surface area (Å²) in [6, 6.07) is 0. The predicted octanol–water partition coefficient (Wildman–Crippen LogP) is 8.83. The Bertz CT molecular complexity index is 1140. The van der Waals surface area contributed by atoms with Crippen LogP contribution in [0.15, 0.2) is 72.9 Å². The van der Waals surface area contributed by atoms with Crippen LogP contribution in [0.5, 0.6) is 0 Å². The molecular formula is C46H76O10. The fourth-order valence-corrected chi connectivity index (χ4v) is 5.98. The normalized spacial score (nSPS) is 21.1. The van der Waals surface area contributed by atoms with E-state index in [0.717, 1.165) is 57.8 Å². The first-order valence-electron chi connectivity index (χ1n) is 21.5. The van der Waals surface area contributed by atoms with Crippen molar-refractivity contribution in [3.05, 3.63) is 72.9 Å². The fraction of sp³-hybridized carbons (Fsp3) is 0.696. The molecular weight excluding hydrogens is 712 g/mol. The lowest BCUT2D eigenvalue weighted by molar-refractivity contribution is -0.305. The van der Waals surface area contributed by atoms with Crippen LogP contribution in [0.2, 0.25) is 0 Å². The van der Waals surface area contributed by atoms with Crippen molar-refractivity contribution in [3.63, 3.8) is 0 Å². The van der Waals surface area contributed by atoms with Crippen LogP contribution in [0.1, 0.15) is 149 Å². The molecule has 1 heterocycles. The van der Waals surface area contributed by atoms with E-state index in [4.69, 9.17) is 18.9 Å². The number of carbonyl (C=O) groups is 2. The van der Waals surface area contributed by atoms with Crippen LogP contribution >= 0.6 is 0 Å². The van der Waals surface area contributed by atoms with Gasteiger partial charge in [0.1, 0.15) is 31.0 Å². The first kappa shape index (κ1) is 51.2. The maximum atomic E-state index is 12.7. The zero-order valence-electron chi connectivity index (χ0n) is 34.6. The standard InChI is InChI=1S/C46H76O10/c1-3-5-7-9-11-13-15-17-18-19-20-21-22-23-25-26-28-30-32-34-41(48)53-37-39(38-54-46-45(52)44(51)43(50)40(36-47)56-46)55-42(49)35-33-31-29-27-24-16-14-12-10-8-6-4-2/h5,7,11,13,17-18,20-21,23,25,28,30,39-40,43-47,50-52H,3-4,6,8-10,12,14-16,19,22,24,26-27,29,31-38H2,1-2H3/b7-5+,13-11+,18-17+,21-20+,25-23+,30-28+/t39-,40-,43+,44?,45?,46-/m0/s1. The quantitative estimate of drug-likeness (QED) is 0.0283. The van der Waals surface area contributed by atoms with Gasteiger partial charge in [0.2, 0.25) is 0 Å². The zero-order valence-corrected chi connectivity index (χ0v) is 34.6. The molecule has 0 aromatic heterocycles. The monoisotopic (exact) mass is 789 g/mol. The summed E-state index contributed by atoms with van der Waals surface area (Å²) in [5.41, 5.74) is 0. The molecule has 1 rings (SSSR count). The summed E-state index contributed by atoms with van der Waals surface area (Å²) in [6.07, 6.45) is 37.8. The molecule has 0 spiro atoms. The van der Waals surface area contributed by atoms with Gasteiger partial charge in [-0.1, -0.05) is 157 Å². The maximum Gasteiger partial charge on any atom is 0.306 e. The maximum absolute atomic E-state index is 12.7. The summed E-state index contributed by atoms with van der Waals surface area (Å²) in [5, 5.41) is 40.0. The predicted molar refractivity (Wildman–Crippen MR) is 224 cm³/mol. The van der Waals surface area contributed by atoms with Crippen molar-refractivity contribution >= 4 is 11.9 Å². The Balaban J connectivity index is 2.40. The SMILES string of the molecule is CC/C=C/C/C=C/C/C=C/C/C=C/C/C=C/C/C=C/CCC(=O)OC[C@@H](CO[C@H]1O[C@@H](CO)[C@@H](O)C(O)C1O)OC(=O)CCCCCCCCCCCCCC. The molecule has 320 valence electrons. The third-order valence-corrected chi connectivity index (χ3v) is 9.37. The van der Waals surface area contributed by atoms with E-state index < -0.39 is 55.4 Å². The van der Waals surface area contributed by atoms with Gasteiger partial charge in [-0.25, -0.2) is 0 Å². The van der Waals surface area contributed by atoms with Crippen LogP contribution < -0.4 is 0 Å². The lowest BCUT2D eigenvalue weighted by Crippen LogP contribution is -2.59. The molecule has 1 fully saturated rings. The van der Waals surface area contributed by atoms with Crippen LogP contribution in [-0.2, 0) is 28.5 Å². The molecule has 10 heteroatoms. The molecule has 0 saturated carbocycles. The number of unbranched alkanes of at least 4 members (excludes halogenated alkanes) is 11. The second-order valence-electron chi connectivity index (χ2n) is 14.4. The first-order valence-corrected chi connectivity index (χ1v) is 21.5. The highest BCUT2D eigenvalue weighted by atomic mass is 16.7. The molecule has 4 N–H and O–H groups in total. The van der Waals surface area contributed by atoms with Crippen LogP contribution in [0, 0.1) is 0 Å². The Hall–Kier alpha value is -2.86. The molecule has 0 aromatic carbocycles. The second-order valence-corrected chi connectivity index (χ2v) is 14.4. The number of hydrogen-bond acceptors (Lipinski definition) is 10. The van der Waals surface area contributed by atoms with Gasteiger partial charge >= 0.3 is 11.9 Å². The van der Waals surface area contributed by atoms with Crippen molar-refractivity contribution in [2.75, 3.05) is 19.8 Å². The first-order chi connectivity index (χ1) is 27.3. The zero-order chi connectivity index (χ0) is 40.9. The van der Waals surface area contributed by atoms with E-state index in [2.05, 4.69) is 74.6 Å². The molecule has 1 aliphatic rings. The highest BCUT2D eigenvalue weighted by Crippen LogP contribution is 2.22. The van der Waals surface area contributed by atoms with E-state index in [9.17, 15) is 30.0 Å². The van der Waals surface area contributed by atoms with Gasteiger partial charge in [0.25, 0.3) is 0 Å². The number of hydrogen-bond donors (Lipinski definition) is 4. The van der Waals surface area contributed by atoms with E-state index in [-0.39, 0.29) is 26.1 Å². The average Bonchev–Trinajstić information content (AvgIpc) is 3.19. The summed E-state index contributed by atoms with van der Waals surface area (Å²) in [5.74, 6) is -0.909. The molecule has 6 atom stereocenters. The van der Waals surface area contributed by atoms with Crippen molar-refractivity contribution in [1.29, 1.82) is 0 Å². The molecule has 1 saturated heterocycles. The third-order valence-electron chi connectivity index (χ3n) is 9.37. The van der Waals surface area contributed by atoms with Crippen LogP contribution in [0.4, 0.5) is 0 Å². The number of allylic oxidation sites excluding steroid dienone is 12. The molecule has 0 radical (unpaired) electrons. The highest BCUT2D eigenvalue weighted by Gasteiger charge is 2.44. The third kappa shape index (κ3) is 27.7. The Kier molecular flexibility index (Phi) is 33.3. The lowest BCUT2D eigenvalue weighted by atomic mass is 9.99. The molecule has 0 aliphatic carbocycles. The van der Waals surface area contributed by atoms with Crippen molar-refractivity contribution in [3.8, 4) is 0 Å². The summed E-state index contributed by atoms with van der Waals surface area (Å²) in [6.45, 7) is 3.21. The molecule has 0 bridgehead atoms. The van der Waals surface area contributed by atoms with E-state index >= 15 is 0 Å². The van der Waals surface area contributed by atoms with E-state index in [0.29, 0.717) is 12.8 Å². The molecule has 0 aromatic rings. The van der Waals surface area contributed by atoms with Gasteiger partial charge in [0.15, 0.2) is 12.4 Å². The van der Waals surface area contributed by atoms with Gasteiger partial charge in [0, 0.05) is 12.8 Å². The summed E-state index contributed by atoms with van der Waals surface area (Å²) < 4.78 is 22.0. The van der Waals surface area contributed by atoms with E-state index in [1.165, 1.54) is 51.4 Å². The molecule has 0 amide bonds. The smallest absolute Gasteiger partial charge is 0.306 e. The number of carbonyl (C=O) groups excluding carboxylic acids is 2. The largest absolute Gasteiger partial charge is 0.462 e. The average molecular weight is 789 g/mol. The minimum atomic E-state index is -1.61. The van der Waals surface area contributed by atoms with Crippen molar-refractivity contribution in [2.24, 2.45) is 0 Å². The van der Waals surface area contributed by atoms with Gasteiger partial charge in [-0.05, 0) is 51.4 Å². The minimum Gasteiger partial charge on any atom is -0.462 e. The second kappa shape index (κ2) is 36.5. The van der Waals surface area contributed by atoms with Gasteiger partial charge in [0.05, 0.1) is 13.2 Å². The number of rotatable bonds is 34. The van der Waals surface area contributed by atoms with Crippen molar-refractivity contribution in [1.82, 2.24) is 0 Å². The Morgan fingerprint density at radius 1 is 0.571 bits per heavy atom. The summed E-state index contributed by atoms with van der Waals surface area (Å²) in [4.78, 5) is 25.2. The van der Waals surface area contributed by atoms with Crippen LogP contribution in [-0.4, -0.2) is 89.0 Å². The fourth-order valence-electron chi connectivity index (χ4n) is 5.98. The van der Waals surface area contributed by atoms with E-state index in [1.54, 1.807) is 0 Å². The molecule has 1 aliphatic heterocycles. The number of ether oxygens (including phenoxy) is 4. The molecule has 2 unspecified atom stereocenters. The van der Waals surface area contributed by atoms with Gasteiger partial charge < -0.3 is 39.4 Å². The van der Waals surface area contributed by atoms with E-state index in [1.807, 2.05) is 12.2 Å². The number of aliphatic hydroxyl groups excluding tert-OH is 4. The lowest BCUT2D eigenvalue weighted by Gasteiger charge is -2.39. The van der Waals surface area contributed by atoms with Crippen LogP contribution in [0.25, 0.3) is 0 Å².